The van der Waals surface area contributed by atoms with Gasteiger partial charge in [-0.3, -0.25) is 4.68 Å². The van der Waals surface area contributed by atoms with E-state index in [2.05, 4.69) is 79.2 Å². The molecule has 8 nitrogen and oxygen atoms in total. The van der Waals surface area contributed by atoms with Crippen molar-refractivity contribution in [2.45, 2.75) is 37.8 Å². The standard InChI is InChI=1S/C30H32N8/c1-38-26(14-17-34-38)28-27(36-30(37-28)24-5-3-16-32-24)22-12-8-20(9-13-22)19-6-10-21(11-7-19)25-18-33-29(35-25)23-4-2-15-31-23/h6-14,17-18,23-24,31-32H,2-5,15-16H2,1H3,(H,33,35)(H,36,37)/t23-,24-/m0/s1. The number of benzene rings is 2. The highest BCUT2D eigenvalue weighted by Crippen LogP contribution is 2.34. The van der Waals surface area contributed by atoms with Crippen LogP contribution in [0.5, 0.6) is 0 Å². The van der Waals surface area contributed by atoms with Crippen molar-refractivity contribution in [2.24, 2.45) is 7.05 Å². The summed E-state index contributed by atoms with van der Waals surface area (Å²) in [5, 5.41) is 11.5. The molecule has 0 saturated carbocycles. The zero-order valence-electron chi connectivity index (χ0n) is 21.5. The molecule has 2 aliphatic heterocycles. The van der Waals surface area contributed by atoms with Gasteiger partial charge < -0.3 is 20.6 Å². The van der Waals surface area contributed by atoms with Gasteiger partial charge in [0.2, 0.25) is 0 Å². The summed E-state index contributed by atoms with van der Waals surface area (Å²) in [6, 6.07) is 20.0. The van der Waals surface area contributed by atoms with Gasteiger partial charge in [-0.15, -0.1) is 0 Å². The van der Waals surface area contributed by atoms with Crippen LogP contribution in [0.1, 0.15) is 49.4 Å². The quantitative estimate of drug-likeness (QED) is 0.249. The van der Waals surface area contributed by atoms with Crippen LogP contribution in [-0.4, -0.2) is 42.8 Å². The SMILES string of the molecule is Cn1nccc1-c1[nH]c([C@@H]2CCCN2)nc1-c1ccc(-c2ccc(-c3cnc([C@@H]4CCCN4)[nH]3)cc2)cc1. The van der Waals surface area contributed by atoms with Gasteiger partial charge in [-0.1, -0.05) is 48.5 Å². The highest BCUT2D eigenvalue weighted by Gasteiger charge is 2.24. The molecule has 2 atom stereocenters. The maximum atomic E-state index is 5.06. The Labute approximate surface area is 221 Å². The number of aromatic nitrogens is 6. The fourth-order valence-corrected chi connectivity index (χ4v) is 5.73. The molecular weight excluding hydrogens is 472 g/mol. The molecule has 2 aliphatic rings. The minimum atomic E-state index is 0.272. The van der Waals surface area contributed by atoms with Crippen LogP contribution in [0, 0.1) is 0 Å². The third-order valence-corrected chi connectivity index (χ3v) is 7.86. The topological polar surface area (TPSA) is 99.2 Å². The van der Waals surface area contributed by atoms with E-state index in [0.717, 1.165) is 71.5 Å². The predicted molar refractivity (Wildman–Crippen MR) is 149 cm³/mol. The van der Waals surface area contributed by atoms with Crippen molar-refractivity contribution >= 4 is 0 Å². The van der Waals surface area contributed by atoms with E-state index >= 15 is 0 Å². The van der Waals surface area contributed by atoms with Crippen molar-refractivity contribution in [1.29, 1.82) is 0 Å². The summed E-state index contributed by atoms with van der Waals surface area (Å²) >= 11 is 0. The van der Waals surface area contributed by atoms with E-state index in [4.69, 9.17) is 4.98 Å². The van der Waals surface area contributed by atoms with E-state index < -0.39 is 0 Å². The van der Waals surface area contributed by atoms with Crippen LogP contribution in [-0.2, 0) is 7.05 Å². The number of nitrogens with zero attached hydrogens (tertiary/aromatic N) is 4. The smallest absolute Gasteiger partial charge is 0.124 e. The van der Waals surface area contributed by atoms with Crippen molar-refractivity contribution in [3.8, 4) is 45.0 Å². The molecule has 0 radical (unpaired) electrons. The molecule has 7 rings (SSSR count). The third-order valence-electron chi connectivity index (χ3n) is 7.86. The Balaban J connectivity index is 1.15. The third kappa shape index (κ3) is 4.25. The number of imidazole rings is 2. The van der Waals surface area contributed by atoms with E-state index in [0.29, 0.717) is 6.04 Å². The lowest BCUT2D eigenvalue weighted by molar-refractivity contribution is 0.613. The Morgan fingerprint density at radius 3 is 1.97 bits per heavy atom. The molecule has 0 spiro atoms. The lowest BCUT2D eigenvalue weighted by Crippen LogP contribution is -2.14. The first kappa shape index (κ1) is 23.1. The van der Waals surface area contributed by atoms with Crippen molar-refractivity contribution in [1.82, 2.24) is 40.3 Å². The predicted octanol–water partition coefficient (Wildman–Crippen LogP) is 5.38. The summed E-state index contributed by atoms with van der Waals surface area (Å²) in [6.07, 6.45) is 8.40. The molecule has 2 fully saturated rings. The molecule has 2 saturated heterocycles. The summed E-state index contributed by atoms with van der Waals surface area (Å²) in [4.78, 5) is 16.8. The minimum Gasteiger partial charge on any atom is -0.341 e. The molecule has 2 aromatic carbocycles. The van der Waals surface area contributed by atoms with Gasteiger partial charge in [-0.25, -0.2) is 9.97 Å². The first-order chi connectivity index (χ1) is 18.7. The first-order valence-corrected chi connectivity index (χ1v) is 13.5. The van der Waals surface area contributed by atoms with Crippen molar-refractivity contribution in [3.05, 3.63) is 78.6 Å². The van der Waals surface area contributed by atoms with Crippen LogP contribution < -0.4 is 10.6 Å². The Kier molecular flexibility index (Phi) is 5.91. The number of nitrogens with one attached hydrogen (secondary N) is 4. The fourth-order valence-electron chi connectivity index (χ4n) is 5.73. The molecular formula is C30H32N8. The van der Waals surface area contributed by atoms with Gasteiger partial charge in [-0.2, -0.15) is 5.10 Å². The van der Waals surface area contributed by atoms with Gasteiger partial charge in [0.15, 0.2) is 0 Å². The molecule has 0 unspecified atom stereocenters. The zero-order chi connectivity index (χ0) is 25.5. The van der Waals surface area contributed by atoms with E-state index in [1.54, 1.807) is 0 Å². The van der Waals surface area contributed by atoms with Crippen LogP contribution in [0.15, 0.2) is 67.0 Å². The lowest BCUT2D eigenvalue weighted by Gasteiger charge is -2.07. The number of H-pyrrole nitrogens is 2. The molecule has 3 aromatic heterocycles. The molecule has 0 bridgehead atoms. The average molecular weight is 505 g/mol. The van der Waals surface area contributed by atoms with Gasteiger partial charge in [0.05, 0.1) is 41.1 Å². The highest BCUT2D eigenvalue weighted by molar-refractivity contribution is 5.79. The molecule has 5 aromatic rings. The zero-order valence-corrected chi connectivity index (χ0v) is 21.5. The van der Waals surface area contributed by atoms with E-state index in [-0.39, 0.29) is 6.04 Å². The summed E-state index contributed by atoms with van der Waals surface area (Å²) in [5.74, 6) is 2.03. The second kappa shape index (κ2) is 9.70. The maximum absolute atomic E-state index is 5.06. The van der Waals surface area contributed by atoms with Crippen LogP contribution in [0.25, 0.3) is 45.0 Å². The Morgan fingerprint density at radius 1 is 0.737 bits per heavy atom. The summed E-state index contributed by atoms with van der Waals surface area (Å²) < 4.78 is 1.89. The number of aromatic amines is 2. The molecule has 0 amide bonds. The summed E-state index contributed by atoms with van der Waals surface area (Å²) in [6.45, 7) is 2.10. The fraction of sp³-hybridized carbons (Fsp3) is 0.300. The molecule has 38 heavy (non-hydrogen) atoms. The second-order valence-electron chi connectivity index (χ2n) is 10.3. The van der Waals surface area contributed by atoms with Gasteiger partial charge in [0, 0.05) is 18.8 Å². The number of hydrogen-bond acceptors (Lipinski definition) is 5. The Bertz CT molecular complexity index is 1530. The number of aryl methyl sites for hydroxylation is 1. The maximum Gasteiger partial charge on any atom is 0.124 e. The van der Waals surface area contributed by atoms with Gasteiger partial charge in [-0.05, 0) is 61.5 Å². The lowest BCUT2D eigenvalue weighted by atomic mass is 10.0. The van der Waals surface area contributed by atoms with Gasteiger partial charge in [0.1, 0.15) is 11.6 Å². The van der Waals surface area contributed by atoms with E-state index in [1.165, 1.54) is 24.0 Å². The molecule has 192 valence electrons. The first-order valence-electron chi connectivity index (χ1n) is 13.5. The summed E-state index contributed by atoms with van der Waals surface area (Å²) in [7, 11) is 1.97. The van der Waals surface area contributed by atoms with Crippen LogP contribution in [0.4, 0.5) is 0 Å². The molecule has 0 aliphatic carbocycles. The van der Waals surface area contributed by atoms with Gasteiger partial charge >= 0.3 is 0 Å². The van der Waals surface area contributed by atoms with E-state index in [9.17, 15) is 0 Å². The Hall–Kier alpha value is -4.01. The van der Waals surface area contributed by atoms with Crippen LogP contribution >= 0.6 is 0 Å². The van der Waals surface area contributed by atoms with Crippen molar-refractivity contribution in [2.75, 3.05) is 13.1 Å². The van der Waals surface area contributed by atoms with Crippen molar-refractivity contribution < 1.29 is 0 Å². The number of hydrogen-bond donors (Lipinski definition) is 4. The molecule has 5 heterocycles. The monoisotopic (exact) mass is 504 g/mol. The largest absolute Gasteiger partial charge is 0.341 e. The van der Waals surface area contributed by atoms with E-state index in [1.807, 2.05) is 30.2 Å². The number of rotatable bonds is 6. The van der Waals surface area contributed by atoms with Crippen LogP contribution in [0.3, 0.4) is 0 Å². The Morgan fingerprint density at radius 2 is 1.37 bits per heavy atom. The van der Waals surface area contributed by atoms with Crippen LogP contribution in [0.2, 0.25) is 0 Å². The highest BCUT2D eigenvalue weighted by atomic mass is 15.3. The normalized spacial score (nSPS) is 19.4. The molecule has 8 heteroatoms. The average Bonchev–Trinajstić information content (AvgIpc) is 3.79. The minimum absolute atomic E-state index is 0.272. The summed E-state index contributed by atoms with van der Waals surface area (Å²) in [5.41, 5.74) is 8.66. The van der Waals surface area contributed by atoms with Gasteiger partial charge in [0.25, 0.3) is 0 Å². The van der Waals surface area contributed by atoms with Crippen molar-refractivity contribution in [3.63, 3.8) is 0 Å². The second-order valence-corrected chi connectivity index (χ2v) is 10.3. The molecule has 4 N–H and O–H groups in total.